The number of phenols is 2. The summed E-state index contributed by atoms with van der Waals surface area (Å²) in [5.74, 6) is 0.746. The Morgan fingerprint density at radius 1 is 0.667 bits per heavy atom. The van der Waals surface area contributed by atoms with Crippen molar-refractivity contribution in [3.63, 3.8) is 0 Å². The molecular weight excluding hydrogens is 379 g/mol. The summed E-state index contributed by atoms with van der Waals surface area (Å²) in [7, 11) is 0. The minimum atomic E-state index is -0.187. The maximum Gasteiger partial charge on any atom is 0.122 e. The van der Waals surface area contributed by atoms with Crippen LogP contribution < -0.4 is 0 Å². The first kappa shape index (κ1) is 21.9. The van der Waals surface area contributed by atoms with Gasteiger partial charge in [-0.25, -0.2) is 0 Å². The predicted octanol–water partition coefficient (Wildman–Crippen LogP) is 7.97. The van der Waals surface area contributed by atoms with E-state index in [1.54, 1.807) is 12.1 Å². The van der Waals surface area contributed by atoms with Crippen molar-refractivity contribution in [2.24, 2.45) is 0 Å². The van der Waals surface area contributed by atoms with Crippen LogP contribution in [0.5, 0.6) is 11.5 Å². The van der Waals surface area contributed by atoms with Gasteiger partial charge in [0.2, 0.25) is 0 Å². The first-order chi connectivity index (χ1) is 12.7. The highest BCUT2D eigenvalue weighted by Gasteiger charge is 2.25. The van der Waals surface area contributed by atoms with E-state index in [0.717, 1.165) is 35.1 Å². The van der Waals surface area contributed by atoms with Crippen LogP contribution in [0.4, 0.5) is 0 Å². The quantitative estimate of drug-likeness (QED) is 0.487. The van der Waals surface area contributed by atoms with Crippen molar-refractivity contribution >= 4 is 23.2 Å². The molecule has 0 bridgehead atoms. The second kappa shape index (κ2) is 9.21. The lowest BCUT2D eigenvalue weighted by molar-refractivity contribution is 0.440. The molecule has 0 amide bonds. The molecule has 2 N–H and O–H groups in total. The third-order valence-corrected chi connectivity index (χ3v) is 6.15. The molecule has 0 fully saturated rings. The van der Waals surface area contributed by atoms with Gasteiger partial charge in [0.15, 0.2) is 0 Å². The monoisotopic (exact) mass is 408 g/mol. The van der Waals surface area contributed by atoms with E-state index in [9.17, 15) is 10.2 Å². The summed E-state index contributed by atoms with van der Waals surface area (Å²) in [5, 5.41) is 23.2. The van der Waals surface area contributed by atoms with Crippen molar-refractivity contribution < 1.29 is 10.2 Å². The van der Waals surface area contributed by atoms with Crippen LogP contribution in [-0.2, 0) is 0 Å². The molecule has 0 heterocycles. The van der Waals surface area contributed by atoms with Crippen LogP contribution in [0.15, 0.2) is 24.3 Å². The Bertz CT molecular complexity index is 736. The summed E-state index contributed by atoms with van der Waals surface area (Å²) >= 11 is 12.8. The Hall–Kier alpha value is -1.38. The van der Waals surface area contributed by atoms with Gasteiger partial charge in [-0.15, -0.1) is 0 Å². The minimum absolute atomic E-state index is 0.187. The van der Waals surface area contributed by atoms with E-state index in [2.05, 4.69) is 27.7 Å². The Labute approximate surface area is 173 Å². The normalized spacial score (nSPS) is 14.8. The van der Waals surface area contributed by atoms with Crippen molar-refractivity contribution in [1.29, 1.82) is 0 Å². The molecule has 27 heavy (non-hydrogen) atoms. The number of phenolic OH excluding ortho intramolecular Hbond substituents is 2. The highest BCUT2D eigenvalue weighted by Crippen LogP contribution is 2.45. The van der Waals surface area contributed by atoms with Gasteiger partial charge in [0.05, 0.1) is 0 Å². The van der Waals surface area contributed by atoms with Gasteiger partial charge in [0, 0.05) is 27.1 Å². The summed E-state index contributed by atoms with van der Waals surface area (Å²) in [6.45, 7) is 10.4. The topological polar surface area (TPSA) is 40.5 Å². The van der Waals surface area contributed by atoms with Gasteiger partial charge >= 0.3 is 0 Å². The largest absolute Gasteiger partial charge is 0.507 e. The van der Waals surface area contributed by atoms with Crippen molar-refractivity contribution in [2.75, 3.05) is 0 Å². The second-order valence-electron chi connectivity index (χ2n) is 7.45. The molecule has 2 aromatic carbocycles. The number of benzene rings is 2. The van der Waals surface area contributed by atoms with Gasteiger partial charge in [-0.05, 0) is 66.5 Å². The average Bonchev–Trinajstić information content (AvgIpc) is 2.65. The summed E-state index contributed by atoms with van der Waals surface area (Å²) in [6, 6.07) is 7.29. The molecule has 0 spiro atoms. The third-order valence-electron chi connectivity index (χ3n) is 5.71. The molecule has 148 valence electrons. The lowest BCUT2D eigenvalue weighted by Gasteiger charge is -2.24. The van der Waals surface area contributed by atoms with Crippen LogP contribution in [0.25, 0.3) is 0 Å². The fourth-order valence-corrected chi connectivity index (χ4v) is 4.08. The lowest BCUT2D eigenvalue weighted by Crippen LogP contribution is -2.06. The minimum Gasteiger partial charge on any atom is -0.507 e. The summed E-state index contributed by atoms with van der Waals surface area (Å²) in [6.07, 6.45) is 2.52. The van der Waals surface area contributed by atoms with Gasteiger partial charge in [-0.1, -0.05) is 57.8 Å². The Balaban J connectivity index is 2.68. The van der Waals surface area contributed by atoms with E-state index in [0.29, 0.717) is 16.5 Å². The molecule has 0 saturated carbocycles. The summed E-state index contributed by atoms with van der Waals surface area (Å²) in [5.41, 5.74) is 3.19. The zero-order valence-corrected chi connectivity index (χ0v) is 18.3. The van der Waals surface area contributed by atoms with Crippen LogP contribution in [0.1, 0.15) is 93.9 Å². The van der Waals surface area contributed by atoms with Gasteiger partial charge < -0.3 is 10.2 Å². The first-order valence-corrected chi connectivity index (χ1v) is 10.5. The summed E-state index contributed by atoms with van der Waals surface area (Å²) < 4.78 is 0. The molecule has 2 unspecified atom stereocenters. The maximum atomic E-state index is 11.0. The smallest absolute Gasteiger partial charge is 0.122 e. The van der Waals surface area contributed by atoms with Crippen LogP contribution in [0.3, 0.4) is 0 Å². The molecule has 4 heteroatoms. The third kappa shape index (κ3) is 4.55. The van der Waals surface area contributed by atoms with E-state index in [-0.39, 0.29) is 29.3 Å². The molecule has 0 radical (unpaired) electrons. The van der Waals surface area contributed by atoms with Crippen molar-refractivity contribution in [3.05, 3.63) is 56.6 Å². The van der Waals surface area contributed by atoms with E-state index in [1.165, 1.54) is 0 Å². The van der Waals surface area contributed by atoms with Gasteiger partial charge in [0.1, 0.15) is 11.5 Å². The van der Waals surface area contributed by atoms with E-state index in [4.69, 9.17) is 23.2 Å². The number of hydrogen-bond donors (Lipinski definition) is 2. The van der Waals surface area contributed by atoms with Crippen LogP contribution >= 0.6 is 23.2 Å². The van der Waals surface area contributed by atoms with Crippen molar-refractivity contribution in [3.8, 4) is 11.5 Å². The number of aromatic hydroxyl groups is 2. The average molecular weight is 409 g/mol. The lowest BCUT2D eigenvalue weighted by atomic mass is 9.83. The second-order valence-corrected chi connectivity index (χ2v) is 8.32. The zero-order valence-electron chi connectivity index (χ0n) is 16.8. The molecule has 0 aromatic heterocycles. The predicted molar refractivity (Wildman–Crippen MR) is 116 cm³/mol. The van der Waals surface area contributed by atoms with E-state index in [1.807, 2.05) is 19.1 Å². The van der Waals surface area contributed by atoms with Crippen molar-refractivity contribution in [1.82, 2.24) is 0 Å². The number of hydrogen-bond acceptors (Lipinski definition) is 2. The number of rotatable bonds is 7. The highest BCUT2D eigenvalue weighted by molar-refractivity contribution is 6.31. The first-order valence-electron chi connectivity index (χ1n) is 9.79. The number of halogens is 2. The molecule has 0 aliphatic heterocycles. The Morgan fingerprint density at radius 2 is 1.00 bits per heavy atom. The standard InChI is InChI=1S/C23H30Cl2O2/c1-6-13(4)18-9-15(24)11-20(22(18)26)17(8-3)21-12-16(25)10-19(23(21)27)14(5)7-2/h9-14,17,26-27H,6-8H2,1-5H3. The molecule has 2 rings (SSSR count). The Kier molecular flexibility index (Phi) is 7.47. The SMILES string of the molecule is CCC(C)c1cc(Cl)cc(C(CC)c2cc(Cl)cc(C(C)CC)c2O)c1O. The molecule has 0 saturated heterocycles. The van der Waals surface area contributed by atoms with Gasteiger partial charge in [0.25, 0.3) is 0 Å². The fraction of sp³-hybridized carbons (Fsp3) is 0.478. The molecule has 2 atom stereocenters. The van der Waals surface area contributed by atoms with Gasteiger partial charge in [-0.2, -0.15) is 0 Å². The molecule has 2 aromatic rings. The van der Waals surface area contributed by atoms with E-state index < -0.39 is 0 Å². The zero-order chi connectivity index (χ0) is 20.3. The molecule has 2 nitrogen and oxygen atoms in total. The van der Waals surface area contributed by atoms with Crippen LogP contribution in [0.2, 0.25) is 10.0 Å². The maximum absolute atomic E-state index is 11.0. The molecule has 0 aliphatic rings. The Morgan fingerprint density at radius 3 is 1.30 bits per heavy atom. The molecule has 0 aliphatic carbocycles. The fourth-order valence-electron chi connectivity index (χ4n) is 3.61. The summed E-state index contributed by atoms with van der Waals surface area (Å²) in [4.78, 5) is 0. The highest BCUT2D eigenvalue weighted by atomic mass is 35.5. The van der Waals surface area contributed by atoms with Crippen LogP contribution in [-0.4, -0.2) is 10.2 Å². The van der Waals surface area contributed by atoms with Crippen molar-refractivity contribution in [2.45, 2.75) is 71.6 Å². The molecular formula is C23H30Cl2O2. The van der Waals surface area contributed by atoms with E-state index >= 15 is 0 Å². The van der Waals surface area contributed by atoms with Gasteiger partial charge in [-0.3, -0.25) is 0 Å². The van der Waals surface area contributed by atoms with Crippen LogP contribution in [0, 0.1) is 0 Å².